The largest absolute Gasteiger partial charge is 0.321 e. The van der Waals surface area contributed by atoms with Crippen LogP contribution in [-0.2, 0) is 14.8 Å². The third-order valence-electron chi connectivity index (χ3n) is 4.56. The smallest absolute Gasteiger partial charge is 0.283 e. The zero-order valence-corrected chi connectivity index (χ0v) is 13.9. The van der Waals surface area contributed by atoms with Crippen LogP contribution in [0.3, 0.4) is 0 Å². The van der Waals surface area contributed by atoms with Crippen LogP contribution in [-0.4, -0.2) is 35.1 Å². The number of carbonyl (C=O) groups is 1. The normalized spacial score (nSPS) is 21.1. The highest BCUT2D eigenvalue weighted by molar-refractivity contribution is 7.92. The summed E-state index contributed by atoms with van der Waals surface area (Å²) < 4.78 is 29.2. The number of hydrogen-bond acceptors (Lipinski definition) is 5. The predicted molar refractivity (Wildman–Crippen MR) is 87.1 cm³/mol. The van der Waals surface area contributed by atoms with E-state index in [1.807, 2.05) is 0 Å². The van der Waals surface area contributed by atoms with Gasteiger partial charge in [-0.25, -0.2) is 14.0 Å². The Labute approximate surface area is 139 Å². The summed E-state index contributed by atoms with van der Waals surface area (Å²) in [5.74, 6) is -0.153. The van der Waals surface area contributed by atoms with E-state index in [0.29, 0.717) is 5.69 Å². The van der Waals surface area contributed by atoms with Gasteiger partial charge >= 0.3 is 0 Å². The van der Waals surface area contributed by atoms with E-state index in [4.69, 9.17) is 0 Å². The maximum atomic E-state index is 13.3. The lowest BCUT2D eigenvalue weighted by Crippen LogP contribution is -2.50. The minimum Gasteiger partial charge on any atom is -0.321 e. The molecule has 126 valence electrons. The molecule has 1 amide bonds. The van der Waals surface area contributed by atoms with Gasteiger partial charge in [0.25, 0.3) is 10.0 Å². The Balaban J connectivity index is 1.85. The van der Waals surface area contributed by atoms with Crippen molar-refractivity contribution in [2.75, 3.05) is 9.62 Å². The summed E-state index contributed by atoms with van der Waals surface area (Å²) in [6.45, 7) is 1.55. The van der Waals surface area contributed by atoms with Crippen molar-refractivity contribution in [2.24, 2.45) is 0 Å². The standard InChI is InChI=1S/C15H17N5O3S/c1-10-15(21)18-12-6-3-8-16-14(12)20(10)24(22,23)13-7-9-17-19(13)11-4-2-5-11/h3,6-11H,2,4-5H2,1H3,(H,18,21). The maximum absolute atomic E-state index is 13.3. The number of fused-ring (bicyclic) bond motifs is 1. The van der Waals surface area contributed by atoms with Crippen molar-refractivity contribution < 1.29 is 13.2 Å². The van der Waals surface area contributed by atoms with Crippen LogP contribution in [0.1, 0.15) is 32.2 Å². The summed E-state index contributed by atoms with van der Waals surface area (Å²) in [6.07, 6.45) is 5.88. The van der Waals surface area contributed by atoms with Crippen LogP contribution in [0, 0.1) is 0 Å². The third kappa shape index (κ3) is 2.11. The van der Waals surface area contributed by atoms with E-state index in [-0.39, 0.29) is 22.8 Å². The van der Waals surface area contributed by atoms with Gasteiger partial charge in [-0.1, -0.05) is 0 Å². The highest BCUT2D eigenvalue weighted by Crippen LogP contribution is 2.37. The molecule has 1 saturated carbocycles. The molecule has 4 rings (SSSR count). The van der Waals surface area contributed by atoms with Gasteiger partial charge < -0.3 is 5.32 Å². The average molecular weight is 347 g/mol. The van der Waals surface area contributed by atoms with Gasteiger partial charge in [0.2, 0.25) is 5.91 Å². The Kier molecular flexibility index (Phi) is 3.34. The van der Waals surface area contributed by atoms with Gasteiger partial charge in [-0.15, -0.1) is 0 Å². The molecule has 0 aromatic carbocycles. The molecule has 1 atom stereocenters. The van der Waals surface area contributed by atoms with Crippen molar-refractivity contribution in [2.45, 2.75) is 43.3 Å². The fourth-order valence-electron chi connectivity index (χ4n) is 3.03. The second kappa shape index (κ2) is 5.30. The van der Waals surface area contributed by atoms with E-state index in [1.165, 1.54) is 18.5 Å². The Bertz CT molecular complexity index is 903. The fourth-order valence-corrected chi connectivity index (χ4v) is 4.78. The zero-order valence-electron chi connectivity index (χ0n) is 13.1. The number of amides is 1. The first-order valence-electron chi connectivity index (χ1n) is 7.84. The van der Waals surface area contributed by atoms with Crippen LogP contribution in [0.2, 0.25) is 0 Å². The summed E-state index contributed by atoms with van der Waals surface area (Å²) in [5.41, 5.74) is 0.388. The van der Waals surface area contributed by atoms with Crippen LogP contribution >= 0.6 is 0 Å². The molecule has 2 aromatic heterocycles. The number of pyridine rings is 1. The van der Waals surface area contributed by atoms with Gasteiger partial charge in [-0.2, -0.15) is 13.5 Å². The molecule has 8 nitrogen and oxygen atoms in total. The minimum atomic E-state index is -3.96. The third-order valence-corrected chi connectivity index (χ3v) is 6.42. The molecule has 24 heavy (non-hydrogen) atoms. The molecule has 2 aliphatic rings. The summed E-state index contributed by atoms with van der Waals surface area (Å²) in [7, 11) is -3.96. The highest BCUT2D eigenvalue weighted by Gasteiger charge is 2.41. The Morgan fingerprint density at radius 1 is 1.25 bits per heavy atom. The van der Waals surface area contributed by atoms with E-state index in [9.17, 15) is 13.2 Å². The molecule has 0 spiro atoms. The van der Waals surface area contributed by atoms with Crippen molar-refractivity contribution in [3.8, 4) is 0 Å². The van der Waals surface area contributed by atoms with E-state index in [0.717, 1.165) is 23.6 Å². The number of hydrogen-bond donors (Lipinski definition) is 1. The van der Waals surface area contributed by atoms with Gasteiger partial charge in [0, 0.05) is 6.20 Å². The SMILES string of the molecule is CC1C(=O)Nc2cccnc2N1S(=O)(=O)c1ccnn1C1CCC1. The van der Waals surface area contributed by atoms with Gasteiger partial charge in [0.05, 0.1) is 17.9 Å². The van der Waals surface area contributed by atoms with E-state index in [2.05, 4.69) is 15.4 Å². The number of nitrogens with one attached hydrogen (secondary N) is 1. The van der Waals surface area contributed by atoms with Crippen LogP contribution < -0.4 is 9.62 Å². The molecule has 1 aliphatic heterocycles. The molecule has 2 aromatic rings. The Morgan fingerprint density at radius 3 is 2.75 bits per heavy atom. The summed E-state index contributed by atoms with van der Waals surface area (Å²) in [6, 6.07) is 3.98. The molecule has 0 radical (unpaired) electrons. The molecule has 0 saturated heterocycles. The van der Waals surface area contributed by atoms with Gasteiger partial charge in [-0.05, 0) is 44.4 Å². The topological polar surface area (TPSA) is 97.2 Å². The lowest BCUT2D eigenvalue weighted by Gasteiger charge is -2.35. The molecule has 3 heterocycles. The van der Waals surface area contributed by atoms with Gasteiger partial charge in [-0.3, -0.25) is 4.79 Å². The number of nitrogens with zero attached hydrogens (tertiary/aromatic N) is 4. The summed E-state index contributed by atoms with van der Waals surface area (Å²) in [5, 5.41) is 6.98. The van der Waals surface area contributed by atoms with E-state index in [1.54, 1.807) is 23.7 Å². The first kappa shape index (κ1) is 15.1. The molecule has 1 N–H and O–H groups in total. The van der Waals surface area contributed by atoms with Crippen molar-refractivity contribution in [3.63, 3.8) is 0 Å². The Morgan fingerprint density at radius 2 is 2.04 bits per heavy atom. The quantitative estimate of drug-likeness (QED) is 0.908. The lowest BCUT2D eigenvalue weighted by molar-refractivity contribution is -0.117. The zero-order chi connectivity index (χ0) is 16.9. The second-order valence-corrected chi connectivity index (χ2v) is 7.80. The van der Waals surface area contributed by atoms with Crippen molar-refractivity contribution in [3.05, 3.63) is 30.6 Å². The highest BCUT2D eigenvalue weighted by atomic mass is 32.2. The number of sulfonamides is 1. The molecule has 9 heteroatoms. The van der Waals surface area contributed by atoms with Crippen LogP contribution in [0.25, 0.3) is 0 Å². The summed E-state index contributed by atoms with van der Waals surface area (Å²) in [4.78, 5) is 16.4. The van der Waals surface area contributed by atoms with Crippen LogP contribution in [0.15, 0.2) is 35.6 Å². The van der Waals surface area contributed by atoms with Gasteiger partial charge in [0.15, 0.2) is 10.8 Å². The van der Waals surface area contributed by atoms with Gasteiger partial charge in [0.1, 0.15) is 6.04 Å². The van der Waals surface area contributed by atoms with Crippen LogP contribution in [0.4, 0.5) is 11.5 Å². The monoisotopic (exact) mass is 347 g/mol. The molecule has 1 fully saturated rings. The van der Waals surface area contributed by atoms with Crippen molar-refractivity contribution in [1.82, 2.24) is 14.8 Å². The van der Waals surface area contributed by atoms with Crippen molar-refractivity contribution in [1.29, 1.82) is 0 Å². The fraction of sp³-hybridized carbons (Fsp3) is 0.400. The van der Waals surface area contributed by atoms with E-state index < -0.39 is 16.1 Å². The number of anilines is 2. The lowest BCUT2D eigenvalue weighted by atomic mass is 9.93. The van der Waals surface area contributed by atoms with Crippen LogP contribution in [0.5, 0.6) is 0 Å². The predicted octanol–water partition coefficient (Wildman–Crippen LogP) is 1.54. The number of aromatic nitrogens is 3. The second-order valence-electron chi connectivity index (χ2n) is 6.04. The maximum Gasteiger partial charge on any atom is 0.283 e. The Hall–Kier alpha value is -2.42. The number of rotatable bonds is 3. The van der Waals surface area contributed by atoms with Crippen molar-refractivity contribution >= 4 is 27.4 Å². The average Bonchev–Trinajstić information content (AvgIpc) is 2.96. The minimum absolute atomic E-state index is 0.0990. The first-order valence-corrected chi connectivity index (χ1v) is 9.28. The molecule has 0 bridgehead atoms. The molecular formula is C15H17N5O3S. The molecule has 1 unspecified atom stereocenters. The van der Waals surface area contributed by atoms with E-state index >= 15 is 0 Å². The molecular weight excluding hydrogens is 330 g/mol. The summed E-state index contributed by atoms with van der Waals surface area (Å²) >= 11 is 0. The molecule has 1 aliphatic carbocycles. The number of carbonyl (C=O) groups excluding carboxylic acids is 1. The first-order chi connectivity index (χ1) is 11.5.